The van der Waals surface area contributed by atoms with Crippen molar-refractivity contribution in [3.63, 3.8) is 0 Å². The van der Waals surface area contributed by atoms with E-state index in [4.69, 9.17) is 42.0 Å². The van der Waals surface area contributed by atoms with Crippen molar-refractivity contribution in [2.24, 2.45) is 0 Å². The summed E-state index contributed by atoms with van der Waals surface area (Å²) in [7, 11) is -6.64. The highest BCUT2D eigenvalue weighted by molar-refractivity contribution is 7.00. The van der Waals surface area contributed by atoms with Crippen LogP contribution in [0, 0.1) is 0 Å². The maximum Gasteiger partial charge on any atom is 0.304 e. The molecule has 0 unspecified atom stereocenters. The Hall–Kier alpha value is -5.57. The van der Waals surface area contributed by atoms with Gasteiger partial charge in [-0.2, -0.15) is 0 Å². The molecule has 0 aromatic heterocycles. The van der Waals surface area contributed by atoms with Crippen LogP contribution in [0.1, 0.15) is 72.1 Å². The number of hydrogen-bond acceptors (Lipinski definition) is 10. The van der Waals surface area contributed by atoms with Crippen LogP contribution in [0.25, 0.3) is 0 Å². The minimum absolute atomic E-state index is 0.0245. The van der Waals surface area contributed by atoms with Gasteiger partial charge in [-0.15, -0.1) is 0 Å². The highest BCUT2D eigenvalue weighted by atomic mass is 28.4. The van der Waals surface area contributed by atoms with Crippen molar-refractivity contribution in [1.29, 1.82) is 0 Å². The monoisotopic (exact) mass is 1160 g/mol. The lowest BCUT2D eigenvalue weighted by atomic mass is 9.84. The van der Waals surface area contributed by atoms with Gasteiger partial charge >= 0.3 is 5.92 Å². The average molecular weight is 1160 g/mol. The summed E-state index contributed by atoms with van der Waals surface area (Å²) in [5, 5.41) is 15.7. The molecule has 3 saturated heterocycles. The minimum Gasteiger partial charge on any atom is -0.405 e. The minimum atomic E-state index is -4.05. The van der Waals surface area contributed by atoms with Gasteiger partial charge in [0.25, 0.3) is 16.6 Å². The lowest BCUT2D eigenvalue weighted by molar-refractivity contribution is -0.342. The number of ether oxygens (including phenoxy) is 7. The van der Waals surface area contributed by atoms with Crippen molar-refractivity contribution in [3.8, 4) is 0 Å². The van der Waals surface area contributed by atoms with Gasteiger partial charge in [0.15, 0.2) is 18.0 Å². The van der Waals surface area contributed by atoms with E-state index in [1.54, 1.807) is 13.8 Å². The summed E-state index contributed by atoms with van der Waals surface area (Å²) < 4.78 is 102. The van der Waals surface area contributed by atoms with E-state index in [-0.39, 0.29) is 33.0 Å². The highest BCUT2D eigenvalue weighted by Crippen LogP contribution is 2.48. The predicted octanol–water partition coefficient (Wildman–Crippen LogP) is 10.9. The van der Waals surface area contributed by atoms with E-state index >= 15 is 8.78 Å². The molecular weight excluding hydrogens is 1080 g/mol. The Morgan fingerprint density at radius 1 is 0.422 bits per heavy atom. The molecule has 3 aliphatic rings. The van der Waals surface area contributed by atoms with Gasteiger partial charge in [-0.25, -0.2) is 8.78 Å². The topological polar surface area (TPSA) is 103 Å². The van der Waals surface area contributed by atoms with Crippen LogP contribution in [0.3, 0.4) is 0 Å². The molecule has 10 rings (SSSR count). The number of alkyl halides is 2. The molecule has 7 aromatic carbocycles. The number of fused-ring (bicyclic) bond motifs is 1. The van der Waals surface area contributed by atoms with E-state index in [9.17, 15) is 5.11 Å². The number of aliphatic hydroxyl groups is 1. The zero-order valence-corrected chi connectivity index (χ0v) is 50.9. The Balaban J connectivity index is 1.10. The van der Waals surface area contributed by atoms with Gasteiger partial charge in [-0.1, -0.05) is 254 Å². The molecule has 10 nitrogen and oxygen atoms in total. The number of hydrogen-bond donors (Lipinski definition) is 1. The molecule has 10 atom stereocenters. The van der Waals surface area contributed by atoms with Crippen molar-refractivity contribution in [1.82, 2.24) is 0 Å². The van der Waals surface area contributed by atoms with E-state index < -0.39 is 99.5 Å². The normalized spacial score (nSPS) is 25.0. The van der Waals surface area contributed by atoms with Gasteiger partial charge in [-0.3, -0.25) is 0 Å². The van der Waals surface area contributed by atoms with Crippen LogP contribution in [0.2, 0.25) is 10.1 Å². The smallest absolute Gasteiger partial charge is 0.304 e. The maximum absolute atomic E-state index is 19.4. The number of benzene rings is 7. The zero-order valence-electron chi connectivity index (χ0n) is 48.9. The first-order valence-corrected chi connectivity index (χ1v) is 32.8. The third-order valence-electron chi connectivity index (χ3n) is 16.5. The third kappa shape index (κ3) is 12.9. The predicted molar refractivity (Wildman–Crippen MR) is 324 cm³/mol. The second-order valence-corrected chi connectivity index (χ2v) is 33.3. The maximum atomic E-state index is 19.4. The molecule has 14 heteroatoms. The molecule has 0 radical (unpaired) electrons. The van der Waals surface area contributed by atoms with Crippen LogP contribution in [-0.4, -0.2) is 108 Å². The fourth-order valence-electron chi connectivity index (χ4n) is 12.7. The van der Waals surface area contributed by atoms with Crippen LogP contribution >= 0.6 is 0 Å². The lowest BCUT2D eigenvalue weighted by Gasteiger charge is -2.52. The van der Waals surface area contributed by atoms with Crippen molar-refractivity contribution in [2.75, 3.05) is 13.2 Å². The Morgan fingerprint density at radius 2 is 0.735 bits per heavy atom. The van der Waals surface area contributed by atoms with E-state index in [0.29, 0.717) is 0 Å². The van der Waals surface area contributed by atoms with Gasteiger partial charge in [0, 0.05) is 0 Å². The molecule has 3 aliphatic heterocycles. The Labute approximate surface area is 491 Å². The Kier molecular flexibility index (Phi) is 18.7. The molecule has 0 saturated carbocycles. The number of aliphatic hydroxyl groups excluding tert-OH is 1. The molecule has 0 aliphatic carbocycles. The molecule has 3 fully saturated rings. The SMILES string of the molecule is CC1(C)O[C@@H]2[C@@H](O)[C@H](C(F)(F)[C@@H]3O[C@@H](CO[Si](c4ccccc4)(c4ccccc4)C(C)(C)C)[C@H](OCc4ccccc4)[C@@H](OCc4ccccc4)[C@H]3OCc3ccccc3)O[C@H](CO[Si](c3ccccc3)(c3ccccc3)C(C)(C)C)[C@@H]2O1. The molecule has 83 heavy (non-hydrogen) atoms. The van der Waals surface area contributed by atoms with Crippen LogP contribution in [0.5, 0.6) is 0 Å². The van der Waals surface area contributed by atoms with Crippen LogP contribution in [0.15, 0.2) is 212 Å². The number of halogens is 2. The molecule has 438 valence electrons. The molecule has 1 N–H and O–H groups in total. The van der Waals surface area contributed by atoms with Crippen LogP contribution in [0.4, 0.5) is 8.78 Å². The van der Waals surface area contributed by atoms with Gasteiger partial charge in [-0.05, 0) is 61.4 Å². The molecule has 7 aromatic rings. The second kappa shape index (κ2) is 25.6. The first-order chi connectivity index (χ1) is 39.8. The summed E-state index contributed by atoms with van der Waals surface area (Å²) in [6, 6.07) is 69.2. The first-order valence-electron chi connectivity index (χ1n) is 29.0. The van der Waals surface area contributed by atoms with E-state index in [1.165, 1.54) is 0 Å². The summed E-state index contributed by atoms with van der Waals surface area (Å²) in [5.41, 5.74) is 2.41. The first kappa shape index (κ1) is 60.6. The lowest BCUT2D eigenvalue weighted by Crippen LogP contribution is -2.72. The third-order valence-corrected chi connectivity index (χ3v) is 26.5. The quantitative estimate of drug-likeness (QED) is 0.0700. The summed E-state index contributed by atoms with van der Waals surface area (Å²) in [4.78, 5) is 0. The van der Waals surface area contributed by atoms with E-state index in [2.05, 4.69) is 90.1 Å². The van der Waals surface area contributed by atoms with Gasteiger partial charge in [0.1, 0.15) is 48.8 Å². The van der Waals surface area contributed by atoms with E-state index in [1.807, 2.05) is 164 Å². The van der Waals surface area contributed by atoms with Crippen LogP contribution in [-0.2, 0) is 61.8 Å². The largest absolute Gasteiger partial charge is 0.405 e. The summed E-state index contributed by atoms with van der Waals surface area (Å²) in [6.07, 6.45) is -14.7. The van der Waals surface area contributed by atoms with Gasteiger partial charge in [0.2, 0.25) is 0 Å². The molecule has 0 amide bonds. The van der Waals surface area contributed by atoms with Crippen molar-refractivity contribution < 1.29 is 55.9 Å². The Bertz CT molecular complexity index is 3020. The number of rotatable bonds is 21. The van der Waals surface area contributed by atoms with Crippen molar-refractivity contribution >= 4 is 37.4 Å². The fraction of sp³-hybridized carbons (Fsp3) is 0.391. The second-order valence-electron chi connectivity index (χ2n) is 24.7. The zero-order chi connectivity index (χ0) is 58.5. The summed E-state index contributed by atoms with van der Waals surface area (Å²) >= 11 is 0. The molecule has 3 heterocycles. The Morgan fingerprint density at radius 3 is 1.11 bits per heavy atom. The standard InChI is InChI=1S/C69H80F2O10Si2/c1-66(2,3)82(52-36-22-12-23-37-52,53-38-24-13-25-39-53)76-47-56-59(73-44-49-30-16-9-17-31-49)62(74-45-50-32-18-10-19-33-50)63(75-46-51-34-20-11-21-35-51)65(79-56)69(70,71)64-58(72)61-60(80-68(7,8)81-61)57(78-64)48-77-83(67(4,5)6,54-40-26-14-27-41-54)55-42-28-15-29-43-55/h9-43,56-65,72H,44-48H2,1-8H3/t56-,57+,58+,59-,60-,61+,62+,63+,64+,65+/m0/s1. The van der Waals surface area contributed by atoms with Gasteiger partial charge < -0.3 is 47.1 Å². The molecule has 0 bridgehead atoms. The highest BCUT2D eigenvalue weighted by Gasteiger charge is 2.67. The van der Waals surface area contributed by atoms with E-state index in [0.717, 1.165) is 37.4 Å². The van der Waals surface area contributed by atoms with Crippen molar-refractivity contribution in [3.05, 3.63) is 229 Å². The fourth-order valence-corrected chi connectivity index (χ4v) is 21.8. The molecular formula is C69H80F2O10Si2. The van der Waals surface area contributed by atoms with Crippen LogP contribution < -0.4 is 20.7 Å². The molecule has 0 spiro atoms. The summed E-state index contributed by atoms with van der Waals surface area (Å²) in [6.45, 7) is 16.1. The summed E-state index contributed by atoms with van der Waals surface area (Å²) in [5.74, 6) is -5.32. The van der Waals surface area contributed by atoms with Crippen molar-refractivity contribution in [2.45, 2.75) is 158 Å². The van der Waals surface area contributed by atoms with Gasteiger partial charge in [0.05, 0.1) is 33.0 Å². The average Bonchev–Trinajstić information content (AvgIpc) is 3.59.